The average molecular weight is 1250 g/mol. The maximum Gasteiger partial charge on any atom is 0.160 e. The van der Waals surface area contributed by atoms with E-state index in [1.807, 2.05) is 0 Å². The smallest absolute Gasteiger partial charge is 0.160 e. The number of aryl methyl sites for hydroxylation is 2. The molecule has 15 aromatic carbocycles. The molecule has 18 rings (SSSR count). The van der Waals surface area contributed by atoms with Gasteiger partial charge in [0, 0.05) is 55.1 Å². The first-order valence-corrected chi connectivity index (χ1v) is 34.2. The molecule has 464 valence electrons. The Kier molecular flexibility index (Phi) is 14.4. The summed E-state index contributed by atoms with van der Waals surface area (Å²) in [5.41, 5.74) is 30.4. The largest absolute Gasteiger partial charge is 0.454 e. The van der Waals surface area contributed by atoms with Crippen molar-refractivity contribution in [2.24, 2.45) is 0 Å². The Morgan fingerprint density at radius 1 is 0.276 bits per heavy atom. The highest BCUT2D eigenvalue weighted by atomic mass is 16.3. The molecule has 0 radical (unpaired) electrons. The zero-order valence-electron chi connectivity index (χ0n) is 54.6. The Hall–Kier alpha value is -12.5. The minimum absolute atomic E-state index is 0.811. The van der Waals surface area contributed by atoms with Gasteiger partial charge in [0.2, 0.25) is 0 Å². The molecular formula is C94H67N3O. The van der Waals surface area contributed by atoms with Gasteiger partial charge in [-0.3, -0.25) is 0 Å². The van der Waals surface area contributed by atoms with E-state index in [0.29, 0.717) is 0 Å². The lowest BCUT2D eigenvalue weighted by Crippen LogP contribution is -2.14. The molecule has 0 unspecified atom stereocenters. The molecule has 3 heterocycles. The number of hydrogen-bond acceptors (Lipinski definition) is 2. The first-order chi connectivity index (χ1) is 48.5. The summed E-state index contributed by atoms with van der Waals surface area (Å²) in [6.45, 7) is 4.58. The van der Waals surface area contributed by atoms with Gasteiger partial charge < -0.3 is 18.5 Å². The third-order valence-electron chi connectivity index (χ3n) is 20.0. The number of furan rings is 1. The fraction of sp³-hybridized carbons (Fsp3) is 0.0426. The van der Waals surface area contributed by atoms with Crippen molar-refractivity contribution < 1.29 is 4.42 Å². The fourth-order valence-corrected chi connectivity index (χ4v) is 15.3. The Labute approximate surface area is 570 Å². The summed E-state index contributed by atoms with van der Waals surface area (Å²) in [4.78, 5) is 2.55. The molecule has 0 bridgehead atoms. The molecule has 18 aromatic rings. The number of rotatable bonds is 14. The number of aromatic nitrogens is 2. The maximum absolute atomic E-state index is 7.26. The van der Waals surface area contributed by atoms with Crippen molar-refractivity contribution in [3.63, 3.8) is 0 Å². The summed E-state index contributed by atoms with van der Waals surface area (Å²) in [6.07, 6.45) is 1.70. The van der Waals surface area contributed by atoms with Crippen molar-refractivity contribution in [1.29, 1.82) is 0 Å². The molecule has 4 nitrogen and oxygen atoms in total. The van der Waals surface area contributed by atoms with Crippen LogP contribution in [-0.2, 0) is 12.8 Å². The second-order valence-electron chi connectivity index (χ2n) is 25.7. The summed E-state index contributed by atoms with van der Waals surface area (Å²) in [6, 6.07) is 127. The molecule has 0 N–H and O–H groups in total. The number of para-hydroxylation sites is 4. The number of benzene rings is 15. The summed E-state index contributed by atoms with van der Waals surface area (Å²) in [5, 5.41) is 6.84. The lowest BCUT2D eigenvalue weighted by atomic mass is 9.93. The molecule has 0 amide bonds. The highest BCUT2D eigenvalue weighted by Gasteiger charge is 2.27. The monoisotopic (exact) mass is 1250 g/mol. The second kappa shape index (κ2) is 24.4. The zero-order chi connectivity index (χ0) is 65.2. The highest BCUT2D eigenvalue weighted by molar-refractivity contribution is 6.26. The van der Waals surface area contributed by atoms with Crippen LogP contribution in [0.2, 0.25) is 0 Å². The molecule has 0 aliphatic rings. The standard InChI is InChI=1S/C94H67N3O/c1-3-62-29-20-24-45-86(62)95(77-53-71(64-30-10-5-11-31-64)50-72(54-77)65-32-12-6-13-33-65)89-61-84-80-42-21-25-46-87(80)96(90(84)59-63(89)4-2)78-55-75(68-38-18-9-19-39-68)52-76(58-78)69-40-28-41-70(49-69)83-60-85-81-43-22-26-47-88(81)97(93(85)94-92(83)82-44-23-27-48-91(82)98-94)79-56-73(66-34-14-7-15-35-66)51-74(57-79)67-36-16-8-17-37-67/h5-61H,3-4H2,1-2H3. The SMILES string of the molecule is CCc1ccccc1N(c1cc(-c2ccccc2)cc(-c2ccccc2)c1)c1cc2c3ccccc3n(-c3cc(-c4ccccc4)cc(-c4cccc(-c5cc6c7ccccc7n(-c7cc(-c8ccccc8)cc(-c8ccccc8)c7)c6c6oc7ccccc7c56)c4)c3)c2cc1CC. The van der Waals surface area contributed by atoms with Crippen LogP contribution in [0, 0.1) is 0 Å². The molecule has 0 fully saturated rings. The maximum atomic E-state index is 7.26. The van der Waals surface area contributed by atoms with E-state index in [4.69, 9.17) is 4.42 Å². The highest BCUT2D eigenvalue weighted by Crippen LogP contribution is 2.49. The fourth-order valence-electron chi connectivity index (χ4n) is 15.3. The summed E-state index contributed by atoms with van der Waals surface area (Å²) < 4.78 is 12.2. The van der Waals surface area contributed by atoms with Crippen LogP contribution in [-0.4, -0.2) is 9.13 Å². The van der Waals surface area contributed by atoms with Crippen LogP contribution < -0.4 is 4.90 Å². The third-order valence-corrected chi connectivity index (χ3v) is 20.0. The van der Waals surface area contributed by atoms with Crippen molar-refractivity contribution in [3.8, 4) is 89.3 Å². The van der Waals surface area contributed by atoms with Crippen LogP contribution in [0.5, 0.6) is 0 Å². The van der Waals surface area contributed by atoms with Crippen molar-refractivity contribution in [1.82, 2.24) is 9.13 Å². The molecule has 98 heavy (non-hydrogen) atoms. The van der Waals surface area contributed by atoms with E-state index in [1.54, 1.807) is 0 Å². The Bertz CT molecular complexity index is 5950. The van der Waals surface area contributed by atoms with Gasteiger partial charge in [-0.15, -0.1) is 0 Å². The molecule has 4 heteroatoms. The van der Waals surface area contributed by atoms with Gasteiger partial charge in [-0.2, -0.15) is 0 Å². The van der Waals surface area contributed by atoms with Crippen LogP contribution in [0.4, 0.5) is 17.1 Å². The number of hydrogen-bond donors (Lipinski definition) is 0. The van der Waals surface area contributed by atoms with Gasteiger partial charge >= 0.3 is 0 Å². The van der Waals surface area contributed by atoms with Crippen LogP contribution in [0.15, 0.2) is 350 Å². The van der Waals surface area contributed by atoms with E-state index in [9.17, 15) is 0 Å². The molecule has 0 spiro atoms. The number of anilines is 3. The predicted octanol–water partition coefficient (Wildman–Crippen LogP) is 26.0. The lowest BCUT2D eigenvalue weighted by molar-refractivity contribution is 0.671. The summed E-state index contributed by atoms with van der Waals surface area (Å²) in [5.74, 6) is 0. The first kappa shape index (κ1) is 58.1. The second-order valence-corrected chi connectivity index (χ2v) is 25.7. The first-order valence-electron chi connectivity index (χ1n) is 34.2. The molecule has 0 saturated heterocycles. The number of fused-ring (bicyclic) bond motifs is 10. The van der Waals surface area contributed by atoms with E-state index < -0.39 is 0 Å². The van der Waals surface area contributed by atoms with Gasteiger partial charge in [0.1, 0.15) is 5.58 Å². The van der Waals surface area contributed by atoms with Crippen LogP contribution in [0.3, 0.4) is 0 Å². The molecule has 0 aliphatic heterocycles. The van der Waals surface area contributed by atoms with E-state index >= 15 is 0 Å². The van der Waals surface area contributed by atoms with E-state index in [2.05, 4.69) is 374 Å². The summed E-state index contributed by atoms with van der Waals surface area (Å²) >= 11 is 0. The Morgan fingerprint density at radius 2 is 0.694 bits per heavy atom. The van der Waals surface area contributed by atoms with Crippen molar-refractivity contribution >= 4 is 82.6 Å². The molecule has 0 atom stereocenters. The van der Waals surface area contributed by atoms with Gasteiger partial charge in [-0.25, -0.2) is 0 Å². The van der Waals surface area contributed by atoms with Gasteiger partial charge in [-0.05, 0) is 205 Å². The minimum Gasteiger partial charge on any atom is -0.454 e. The summed E-state index contributed by atoms with van der Waals surface area (Å²) in [7, 11) is 0. The van der Waals surface area contributed by atoms with Gasteiger partial charge in [-0.1, -0.05) is 257 Å². The molecule has 0 aliphatic carbocycles. The molecular weight excluding hydrogens is 1190 g/mol. The molecule has 0 saturated carbocycles. The quantitative estimate of drug-likeness (QED) is 0.108. The van der Waals surface area contributed by atoms with Crippen LogP contribution in [0.1, 0.15) is 25.0 Å². The Morgan fingerprint density at radius 3 is 1.24 bits per heavy atom. The Balaban J connectivity index is 0.832. The topological polar surface area (TPSA) is 26.2 Å². The van der Waals surface area contributed by atoms with Crippen molar-refractivity contribution in [2.75, 3.05) is 4.90 Å². The third kappa shape index (κ3) is 10.1. The predicted molar refractivity (Wildman–Crippen MR) is 414 cm³/mol. The molecule has 3 aromatic heterocycles. The van der Waals surface area contributed by atoms with Crippen molar-refractivity contribution in [3.05, 3.63) is 357 Å². The normalized spacial score (nSPS) is 11.7. The van der Waals surface area contributed by atoms with Gasteiger partial charge in [0.15, 0.2) is 5.58 Å². The van der Waals surface area contributed by atoms with Crippen molar-refractivity contribution in [2.45, 2.75) is 26.7 Å². The van der Waals surface area contributed by atoms with E-state index in [1.165, 1.54) is 55.5 Å². The number of nitrogens with zero attached hydrogens (tertiary/aromatic N) is 3. The van der Waals surface area contributed by atoms with Gasteiger partial charge in [0.25, 0.3) is 0 Å². The lowest BCUT2D eigenvalue weighted by Gasteiger charge is -2.30. The van der Waals surface area contributed by atoms with Crippen LogP contribution in [0.25, 0.3) is 155 Å². The minimum atomic E-state index is 0.811. The van der Waals surface area contributed by atoms with Crippen LogP contribution >= 0.6 is 0 Å². The van der Waals surface area contributed by atoms with Gasteiger partial charge in [0.05, 0.1) is 27.8 Å². The zero-order valence-corrected chi connectivity index (χ0v) is 54.6. The van der Waals surface area contributed by atoms with E-state index in [0.717, 1.165) is 140 Å². The average Bonchev–Trinajstić information content (AvgIpc) is 1.55. The van der Waals surface area contributed by atoms with E-state index in [-0.39, 0.29) is 0 Å².